The first-order chi connectivity index (χ1) is 16.2. The van der Waals surface area contributed by atoms with E-state index >= 15 is 0 Å². The molecule has 0 aliphatic carbocycles. The Kier molecular flexibility index (Phi) is 18.1. The maximum atomic E-state index is 12.1. The number of allylic oxidation sites excluding steroid dienone is 2. The summed E-state index contributed by atoms with van der Waals surface area (Å²) >= 11 is 0. The number of carbonyl (C=O) groups excluding carboxylic acids is 1. The lowest BCUT2D eigenvalue weighted by Gasteiger charge is -2.12. The Bertz CT molecular complexity index is 646. The topological polar surface area (TPSA) is 73.6 Å². The van der Waals surface area contributed by atoms with Gasteiger partial charge in [0.05, 0.1) is 7.11 Å². The number of hydrogen-bond donors (Lipinski definition) is 2. The van der Waals surface area contributed by atoms with Crippen molar-refractivity contribution < 1.29 is 14.3 Å². The molecule has 0 aliphatic rings. The second kappa shape index (κ2) is 20.6. The van der Waals surface area contributed by atoms with Crippen LogP contribution in [0.4, 0.5) is 0 Å². The van der Waals surface area contributed by atoms with Crippen molar-refractivity contribution in [2.24, 2.45) is 5.73 Å². The SMILES string of the molecule is CCCCCCCCC=CCCCCCCCC(=O)NCc1ccc(OCCN)c(OC)c1. The van der Waals surface area contributed by atoms with Crippen molar-refractivity contribution in [3.8, 4) is 11.5 Å². The summed E-state index contributed by atoms with van der Waals surface area (Å²) in [7, 11) is 1.61. The Morgan fingerprint density at radius 3 is 2.18 bits per heavy atom. The number of methoxy groups -OCH3 is 1. The van der Waals surface area contributed by atoms with E-state index in [0.717, 1.165) is 18.4 Å². The molecule has 188 valence electrons. The summed E-state index contributed by atoms with van der Waals surface area (Å²) in [6.45, 7) is 3.67. The van der Waals surface area contributed by atoms with Crippen LogP contribution in [0, 0.1) is 0 Å². The van der Waals surface area contributed by atoms with Crippen molar-refractivity contribution >= 4 is 5.91 Å². The van der Waals surface area contributed by atoms with Gasteiger partial charge >= 0.3 is 0 Å². The van der Waals surface area contributed by atoms with Gasteiger partial charge in [0, 0.05) is 19.5 Å². The molecular weight excluding hydrogens is 412 g/mol. The summed E-state index contributed by atoms with van der Waals surface area (Å²) in [4.78, 5) is 12.1. The number of ether oxygens (including phenoxy) is 2. The average molecular weight is 461 g/mol. The van der Waals surface area contributed by atoms with Crippen LogP contribution in [0.2, 0.25) is 0 Å². The molecule has 0 fully saturated rings. The molecule has 0 unspecified atom stereocenters. The highest BCUT2D eigenvalue weighted by atomic mass is 16.5. The first-order valence-electron chi connectivity index (χ1n) is 13.1. The standard InChI is InChI=1S/C28H48N2O3/c1-3-4-5-6-7-8-9-10-11-12-13-14-15-16-17-18-28(31)30-24-25-19-20-26(33-22-21-29)27(23-25)32-2/h10-11,19-20,23H,3-9,12-18,21-22,24,29H2,1-2H3,(H,30,31). The molecule has 0 aliphatic heterocycles. The highest BCUT2D eigenvalue weighted by Gasteiger charge is 2.07. The van der Waals surface area contributed by atoms with Crippen molar-refractivity contribution in [1.29, 1.82) is 0 Å². The zero-order chi connectivity index (χ0) is 24.0. The number of carbonyl (C=O) groups is 1. The molecule has 5 nitrogen and oxygen atoms in total. The van der Waals surface area contributed by atoms with E-state index in [1.54, 1.807) is 7.11 Å². The van der Waals surface area contributed by atoms with Crippen LogP contribution in [0.15, 0.2) is 30.4 Å². The fourth-order valence-electron chi connectivity index (χ4n) is 3.76. The van der Waals surface area contributed by atoms with E-state index in [1.807, 2.05) is 18.2 Å². The maximum absolute atomic E-state index is 12.1. The molecule has 33 heavy (non-hydrogen) atoms. The lowest BCUT2D eigenvalue weighted by molar-refractivity contribution is -0.121. The van der Waals surface area contributed by atoms with Crippen LogP contribution in [0.1, 0.15) is 102 Å². The second-order valence-corrected chi connectivity index (χ2v) is 8.73. The molecule has 0 heterocycles. The molecule has 3 N–H and O–H groups in total. The van der Waals surface area contributed by atoms with Gasteiger partial charge in [0.2, 0.25) is 5.91 Å². The fourth-order valence-corrected chi connectivity index (χ4v) is 3.76. The second-order valence-electron chi connectivity index (χ2n) is 8.73. The number of rotatable bonds is 21. The lowest BCUT2D eigenvalue weighted by Crippen LogP contribution is -2.22. The molecule has 1 aromatic rings. The Morgan fingerprint density at radius 2 is 1.55 bits per heavy atom. The van der Waals surface area contributed by atoms with Gasteiger partial charge in [-0.3, -0.25) is 4.79 Å². The van der Waals surface area contributed by atoms with Gasteiger partial charge in [-0.15, -0.1) is 0 Å². The minimum atomic E-state index is 0.107. The van der Waals surface area contributed by atoms with Gasteiger partial charge < -0.3 is 20.5 Å². The monoisotopic (exact) mass is 460 g/mol. The summed E-state index contributed by atoms with van der Waals surface area (Å²) in [5, 5.41) is 3.00. The Balaban J connectivity index is 2.01. The normalized spacial score (nSPS) is 11.1. The van der Waals surface area contributed by atoms with E-state index < -0.39 is 0 Å². The van der Waals surface area contributed by atoms with Crippen molar-refractivity contribution in [3.63, 3.8) is 0 Å². The first-order valence-corrected chi connectivity index (χ1v) is 13.1. The van der Waals surface area contributed by atoms with E-state index in [4.69, 9.17) is 15.2 Å². The Labute approximate surface area is 202 Å². The molecule has 0 saturated heterocycles. The van der Waals surface area contributed by atoms with Gasteiger partial charge in [-0.2, -0.15) is 0 Å². The predicted octanol–water partition coefficient (Wildman–Crippen LogP) is 6.69. The van der Waals surface area contributed by atoms with E-state index in [9.17, 15) is 4.79 Å². The van der Waals surface area contributed by atoms with Crippen molar-refractivity contribution in [2.75, 3.05) is 20.3 Å². The summed E-state index contributed by atoms with van der Waals surface area (Å²) < 4.78 is 10.9. The minimum Gasteiger partial charge on any atom is -0.493 e. The summed E-state index contributed by atoms with van der Waals surface area (Å²) in [6.07, 6.45) is 21.7. The van der Waals surface area contributed by atoms with Crippen LogP contribution in [0.5, 0.6) is 11.5 Å². The molecule has 0 bridgehead atoms. The average Bonchev–Trinajstić information content (AvgIpc) is 2.84. The minimum absolute atomic E-state index is 0.107. The third kappa shape index (κ3) is 15.5. The quantitative estimate of drug-likeness (QED) is 0.158. The molecule has 0 saturated carbocycles. The van der Waals surface area contributed by atoms with Crippen LogP contribution in [-0.2, 0) is 11.3 Å². The fraction of sp³-hybridized carbons (Fsp3) is 0.679. The molecule has 0 radical (unpaired) electrons. The third-order valence-electron chi connectivity index (χ3n) is 5.76. The molecular formula is C28H48N2O3. The van der Waals surface area contributed by atoms with Crippen molar-refractivity contribution in [3.05, 3.63) is 35.9 Å². The Hall–Kier alpha value is -2.01. The van der Waals surface area contributed by atoms with Crippen LogP contribution in [0.3, 0.4) is 0 Å². The molecule has 0 atom stereocenters. The third-order valence-corrected chi connectivity index (χ3v) is 5.76. The zero-order valence-corrected chi connectivity index (χ0v) is 21.2. The van der Waals surface area contributed by atoms with E-state index in [2.05, 4.69) is 24.4 Å². The number of amides is 1. The van der Waals surface area contributed by atoms with Crippen LogP contribution >= 0.6 is 0 Å². The molecule has 0 aromatic heterocycles. The molecule has 1 rings (SSSR count). The first kappa shape index (κ1) is 29.0. The molecule has 1 aromatic carbocycles. The van der Waals surface area contributed by atoms with Gasteiger partial charge in [0.1, 0.15) is 6.61 Å². The van der Waals surface area contributed by atoms with Gasteiger partial charge in [-0.25, -0.2) is 0 Å². The summed E-state index contributed by atoms with van der Waals surface area (Å²) in [6, 6.07) is 5.70. The number of nitrogens with one attached hydrogen (secondary N) is 1. The molecule has 0 spiro atoms. The highest BCUT2D eigenvalue weighted by Crippen LogP contribution is 2.28. The van der Waals surface area contributed by atoms with Gasteiger partial charge in [0.25, 0.3) is 0 Å². The zero-order valence-electron chi connectivity index (χ0n) is 21.2. The number of hydrogen-bond acceptors (Lipinski definition) is 4. The number of benzene rings is 1. The van der Waals surface area contributed by atoms with E-state index in [-0.39, 0.29) is 5.91 Å². The van der Waals surface area contributed by atoms with Crippen LogP contribution < -0.4 is 20.5 Å². The summed E-state index contributed by atoms with van der Waals surface area (Å²) in [5.41, 5.74) is 6.47. The van der Waals surface area contributed by atoms with Crippen LogP contribution in [-0.4, -0.2) is 26.2 Å². The molecule has 1 amide bonds. The van der Waals surface area contributed by atoms with E-state index in [0.29, 0.717) is 37.6 Å². The number of nitrogens with two attached hydrogens (primary N) is 1. The molecule has 5 heteroatoms. The highest BCUT2D eigenvalue weighted by molar-refractivity contribution is 5.75. The van der Waals surface area contributed by atoms with Crippen molar-refractivity contribution in [1.82, 2.24) is 5.32 Å². The maximum Gasteiger partial charge on any atom is 0.220 e. The van der Waals surface area contributed by atoms with Gasteiger partial charge in [0.15, 0.2) is 11.5 Å². The van der Waals surface area contributed by atoms with Gasteiger partial charge in [-0.05, 0) is 49.8 Å². The van der Waals surface area contributed by atoms with E-state index in [1.165, 1.54) is 70.6 Å². The Morgan fingerprint density at radius 1 is 0.909 bits per heavy atom. The largest absolute Gasteiger partial charge is 0.493 e. The smallest absolute Gasteiger partial charge is 0.220 e. The lowest BCUT2D eigenvalue weighted by atomic mass is 10.1. The summed E-state index contributed by atoms with van der Waals surface area (Å²) in [5.74, 6) is 1.44. The van der Waals surface area contributed by atoms with Gasteiger partial charge in [-0.1, -0.05) is 76.5 Å². The predicted molar refractivity (Wildman–Crippen MR) is 139 cm³/mol. The van der Waals surface area contributed by atoms with Crippen molar-refractivity contribution in [2.45, 2.75) is 103 Å². The van der Waals surface area contributed by atoms with Crippen LogP contribution in [0.25, 0.3) is 0 Å². The number of unbranched alkanes of at least 4 members (excludes halogenated alkanes) is 11.